The van der Waals surface area contributed by atoms with Crippen molar-refractivity contribution >= 4 is 67.0 Å². The fraction of sp³-hybridized carbons (Fsp3) is 0.407. The highest BCUT2D eigenvalue weighted by molar-refractivity contribution is 7.80. The monoisotopic (exact) mass is 692 g/mol. The molecule has 2 unspecified atom stereocenters. The van der Waals surface area contributed by atoms with Crippen molar-refractivity contribution in [2.75, 3.05) is 30.7 Å². The Labute approximate surface area is 272 Å². The largest absolute Gasteiger partial charge is 0.489 e. The number of carboxylic acid groups (broad SMARTS) is 1. The second-order valence-corrected chi connectivity index (χ2v) is 13.1. The molecule has 18 nitrogen and oxygen atoms in total. The third-order valence-electron chi connectivity index (χ3n) is 7.46. The van der Waals surface area contributed by atoms with Gasteiger partial charge in [-0.3, -0.25) is 14.1 Å². The number of oxime groups is 1. The lowest BCUT2D eigenvalue weighted by Crippen LogP contribution is -2.76. The lowest BCUT2D eigenvalue weighted by molar-refractivity contribution is -0.218. The minimum Gasteiger partial charge on any atom is -0.489 e. The maximum Gasteiger partial charge on any atom is 0.418 e. The molecule has 2 atom stereocenters. The minimum atomic E-state index is -5.02. The average molecular weight is 693 g/mol. The number of rotatable bonds is 13. The first-order valence-electron chi connectivity index (χ1n) is 14.2. The molecule has 2 fully saturated rings. The van der Waals surface area contributed by atoms with E-state index in [0.29, 0.717) is 16.9 Å². The van der Waals surface area contributed by atoms with Crippen molar-refractivity contribution < 1.29 is 46.3 Å². The summed E-state index contributed by atoms with van der Waals surface area (Å²) >= 11 is 0.963. The molecule has 4 heterocycles. The van der Waals surface area contributed by atoms with Gasteiger partial charge in [0.15, 0.2) is 10.8 Å². The zero-order chi connectivity index (χ0) is 33.9. The Morgan fingerprint density at radius 2 is 2.02 bits per heavy atom. The molecule has 2 aromatic heterocycles. The molecule has 1 aromatic carbocycles. The first-order chi connectivity index (χ1) is 22.2. The van der Waals surface area contributed by atoms with Gasteiger partial charge in [0.2, 0.25) is 0 Å². The Balaban J connectivity index is 1.28. The van der Waals surface area contributed by atoms with Crippen LogP contribution in [-0.4, -0.2) is 100 Å². The van der Waals surface area contributed by atoms with Crippen LogP contribution in [0.1, 0.15) is 32.4 Å². The number of nitrogens with two attached hydrogens (primary N) is 1. The van der Waals surface area contributed by atoms with Crippen LogP contribution in [0, 0.1) is 0 Å². The predicted molar refractivity (Wildman–Crippen MR) is 168 cm³/mol. The summed E-state index contributed by atoms with van der Waals surface area (Å²) in [5.41, 5.74) is 3.68. The van der Waals surface area contributed by atoms with Crippen LogP contribution in [0.3, 0.4) is 0 Å². The van der Waals surface area contributed by atoms with Gasteiger partial charge in [-0.05, 0) is 69.4 Å². The van der Waals surface area contributed by atoms with Gasteiger partial charge in [0, 0.05) is 23.0 Å². The molecule has 0 aliphatic carbocycles. The van der Waals surface area contributed by atoms with Gasteiger partial charge in [0.05, 0.1) is 5.54 Å². The molecular weight excluding hydrogens is 660 g/mol. The summed E-state index contributed by atoms with van der Waals surface area (Å²) in [6.45, 7) is 4.08. The summed E-state index contributed by atoms with van der Waals surface area (Å²) < 4.78 is 41.2. The summed E-state index contributed by atoms with van der Waals surface area (Å²) in [6.07, 6.45) is 1.93. The number of piperidine rings is 1. The molecule has 0 saturated carbocycles. The van der Waals surface area contributed by atoms with Gasteiger partial charge in [-0.2, -0.15) is 13.5 Å². The summed E-state index contributed by atoms with van der Waals surface area (Å²) in [5.74, 6) is -2.37. The number of nitrogens with zero attached hydrogens (tertiary/aromatic N) is 4. The van der Waals surface area contributed by atoms with E-state index in [2.05, 4.69) is 35.4 Å². The van der Waals surface area contributed by atoms with Gasteiger partial charge in [0.25, 0.3) is 17.9 Å². The van der Waals surface area contributed by atoms with Crippen LogP contribution in [0.5, 0.6) is 5.75 Å². The van der Waals surface area contributed by atoms with Gasteiger partial charge in [-0.1, -0.05) is 5.16 Å². The quantitative estimate of drug-likeness (QED) is 0.0618. The number of pyridine rings is 1. The average Bonchev–Trinajstić information content (AvgIpc) is 3.45. The van der Waals surface area contributed by atoms with E-state index in [1.54, 1.807) is 24.4 Å². The summed E-state index contributed by atoms with van der Waals surface area (Å²) in [4.78, 5) is 51.5. The molecular formula is C27H32N8O10S2. The Bertz CT molecular complexity index is 1810. The van der Waals surface area contributed by atoms with E-state index in [4.69, 9.17) is 19.9 Å². The number of carboxylic acids is 1. The SMILES string of the molecule is CC1(C)C(NC(=O)C(=NOC(COc2ccc3c(NC4CCNCC4)nccc3c2)C(=O)O)c2csc(N)n2)C(=O)N1OS(=O)(=O)O. The van der Waals surface area contributed by atoms with E-state index < -0.39 is 58.2 Å². The van der Waals surface area contributed by atoms with Crippen molar-refractivity contribution in [2.45, 2.75) is 50.4 Å². The maximum atomic E-state index is 13.3. The number of hydroxylamine groups is 2. The third kappa shape index (κ3) is 7.85. The van der Waals surface area contributed by atoms with Crippen molar-refractivity contribution in [3.05, 3.63) is 41.5 Å². The molecule has 7 N–H and O–H groups in total. The number of benzene rings is 1. The number of carbonyl (C=O) groups excluding carboxylic acids is 2. The van der Waals surface area contributed by atoms with Crippen molar-refractivity contribution in [2.24, 2.45) is 5.16 Å². The Kier molecular flexibility index (Phi) is 9.77. The van der Waals surface area contributed by atoms with E-state index in [1.807, 2.05) is 6.07 Å². The topological polar surface area (TPSA) is 257 Å². The van der Waals surface area contributed by atoms with E-state index in [9.17, 15) is 27.9 Å². The number of carbonyl (C=O) groups is 3. The molecule has 0 spiro atoms. The fourth-order valence-corrected chi connectivity index (χ4v) is 5.98. The van der Waals surface area contributed by atoms with E-state index in [1.165, 1.54) is 19.2 Å². The van der Waals surface area contributed by atoms with Crippen LogP contribution < -0.4 is 26.4 Å². The van der Waals surface area contributed by atoms with Crippen molar-refractivity contribution in [1.29, 1.82) is 0 Å². The van der Waals surface area contributed by atoms with Gasteiger partial charge in [0.1, 0.15) is 29.9 Å². The van der Waals surface area contributed by atoms with Crippen molar-refractivity contribution in [3.63, 3.8) is 0 Å². The highest BCUT2D eigenvalue weighted by Crippen LogP contribution is 2.33. The van der Waals surface area contributed by atoms with E-state index in [0.717, 1.165) is 53.9 Å². The third-order valence-corrected chi connectivity index (χ3v) is 8.48. The number of amides is 2. The minimum absolute atomic E-state index is 0.0620. The molecule has 20 heteroatoms. The second-order valence-electron chi connectivity index (χ2n) is 11.2. The highest BCUT2D eigenvalue weighted by atomic mass is 32.3. The molecule has 252 valence electrons. The molecule has 0 radical (unpaired) electrons. The zero-order valence-electron chi connectivity index (χ0n) is 25.1. The first-order valence-corrected chi connectivity index (χ1v) is 16.5. The Hall–Kier alpha value is -4.63. The van der Waals surface area contributed by atoms with Gasteiger partial charge in [-0.15, -0.1) is 15.6 Å². The van der Waals surface area contributed by atoms with Crippen LogP contribution in [0.15, 0.2) is 41.0 Å². The molecule has 5 rings (SSSR count). The molecule has 2 aliphatic heterocycles. The number of hydrogen-bond donors (Lipinski definition) is 6. The number of nitrogen functional groups attached to an aromatic ring is 1. The number of nitrogens with one attached hydrogen (secondary N) is 3. The summed E-state index contributed by atoms with van der Waals surface area (Å²) in [5, 5.41) is 26.2. The van der Waals surface area contributed by atoms with Crippen LogP contribution in [0.2, 0.25) is 0 Å². The highest BCUT2D eigenvalue weighted by Gasteiger charge is 2.58. The number of β-lactam (4-membered cyclic amide) rings is 1. The van der Waals surface area contributed by atoms with Crippen LogP contribution in [0.25, 0.3) is 10.8 Å². The van der Waals surface area contributed by atoms with Crippen LogP contribution in [-0.2, 0) is 33.9 Å². The van der Waals surface area contributed by atoms with Crippen molar-refractivity contribution in [3.8, 4) is 5.75 Å². The number of thiazole rings is 1. The lowest BCUT2D eigenvalue weighted by Gasteiger charge is -2.50. The molecule has 0 bridgehead atoms. The normalized spacial score (nSPS) is 19.1. The predicted octanol–water partition coefficient (Wildman–Crippen LogP) is 0.530. The lowest BCUT2D eigenvalue weighted by atomic mass is 9.84. The number of fused-ring (bicyclic) bond motifs is 1. The second kappa shape index (κ2) is 13.6. The first kappa shape index (κ1) is 33.7. The van der Waals surface area contributed by atoms with Gasteiger partial charge < -0.3 is 36.4 Å². The van der Waals surface area contributed by atoms with E-state index >= 15 is 0 Å². The number of anilines is 2. The zero-order valence-corrected chi connectivity index (χ0v) is 26.7. The summed E-state index contributed by atoms with van der Waals surface area (Å²) in [7, 11) is -5.02. The van der Waals surface area contributed by atoms with Crippen LogP contribution in [0.4, 0.5) is 10.9 Å². The van der Waals surface area contributed by atoms with Crippen molar-refractivity contribution in [1.82, 2.24) is 25.7 Å². The Morgan fingerprint density at radius 1 is 1.28 bits per heavy atom. The number of aliphatic carboxylic acids is 1. The molecule has 47 heavy (non-hydrogen) atoms. The number of aromatic nitrogens is 2. The smallest absolute Gasteiger partial charge is 0.418 e. The Morgan fingerprint density at radius 3 is 2.66 bits per heavy atom. The number of hydrogen-bond acceptors (Lipinski definition) is 15. The van der Waals surface area contributed by atoms with E-state index in [-0.39, 0.29) is 10.8 Å². The summed E-state index contributed by atoms with van der Waals surface area (Å²) in [6, 6.07) is 5.99. The fourth-order valence-electron chi connectivity index (χ4n) is 4.98. The van der Waals surface area contributed by atoms with Crippen LogP contribution >= 0.6 is 11.3 Å². The molecule has 2 saturated heterocycles. The maximum absolute atomic E-state index is 13.3. The molecule has 2 aliphatic rings. The molecule has 3 aromatic rings. The van der Waals surface area contributed by atoms with Gasteiger partial charge >= 0.3 is 16.4 Å². The standard InChI is InChI=1S/C27H32N8O10S2/c1-27(2)21(24(37)35(27)45-47(40,41)42)33-23(36)20(18-13-46-26(28)32-18)34-44-19(25(38)39)12-43-16-3-4-17-14(11-16)5-10-30-22(17)31-15-6-8-29-9-7-15/h3-5,10-11,13,15,19,21,29H,6-9,12H2,1-2H3,(H2,28,32)(H,30,31)(H,33,36)(H,38,39)(H,40,41,42). The molecule has 2 amide bonds. The van der Waals surface area contributed by atoms with Gasteiger partial charge in [-0.25, -0.2) is 14.8 Å². The number of ether oxygens (including phenoxy) is 1.